The molecular formula is C10H17N3O2. The van der Waals surface area contributed by atoms with Crippen molar-refractivity contribution in [2.24, 2.45) is 11.7 Å². The number of hydrogen-bond donors (Lipinski definition) is 2. The lowest BCUT2D eigenvalue weighted by atomic mass is 10.1. The van der Waals surface area contributed by atoms with Crippen molar-refractivity contribution in [3.05, 3.63) is 21.7 Å². The SMILES string of the molecule is COc1nc(CC(C)C)c(=O)[nH]c1CN. The molecule has 3 N–H and O–H groups in total. The molecule has 0 radical (unpaired) electrons. The first-order valence-electron chi connectivity index (χ1n) is 4.94. The van der Waals surface area contributed by atoms with E-state index < -0.39 is 0 Å². The minimum atomic E-state index is -0.176. The van der Waals surface area contributed by atoms with Crippen LogP contribution in [0.2, 0.25) is 0 Å². The average molecular weight is 211 g/mol. The van der Waals surface area contributed by atoms with Gasteiger partial charge < -0.3 is 15.5 Å². The third-order valence-corrected chi connectivity index (χ3v) is 2.02. The van der Waals surface area contributed by atoms with Crippen LogP contribution in [-0.2, 0) is 13.0 Å². The van der Waals surface area contributed by atoms with Gasteiger partial charge in [-0.2, -0.15) is 0 Å². The lowest BCUT2D eigenvalue weighted by Crippen LogP contribution is -2.21. The number of nitrogens with two attached hydrogens (primary N) is 1. The fourth-order valence-corrected chi connectivity index (χ4v) is 1.34. The highest BCUT2D eigenvalue weighted by molar-refractivity contribution is 5.20. The fraction of sp³-hybridized carbons (Fsp3) is 0.600. The molecule has 1 heterocycles. The standard InChI is InChI=1S/C10H17N3O2/c1-6(2)4-7-9(14)12-8(5-11)10(13-7)15-3/h6H,4-5,11H2,1-3H3,(H,12,14). The Labute approximate surface area is 88.7 Å². The number of aromatic nitrogens is 2. The molecular weight excluding hydrogens is 194 g/mol. The molecule has 1 aromatic rings. The van der Waals surface area contributed by atoms with Crippen molar-refractivity contribution in [1.29, 1.82) is 0 Å². The van der Waals surface area contributed by atoms with E-state index in [9.17, 15) is 4.79 Å². The Morgan fingerprint density at radius 1 is 1.53 bits per heavy atom. The molecule has 0 unspecified atom stereocenters. The Hall–Kier alpha value is -1.36. The van der Waals surface area contributed by atoms with Crippen molar-refractivity contribution >= 4 is 0 Å². The molecule has 1 rings (SSSR count). The minimum Gasteiger partial charge on any atom is -0.480 e. The first-order chi connectivity index (χ1) is 7.08. The second-order valence-electron chi connectivity index (χ2n) is 3.80. The van der Waals surface area contributed by atoms with Gasteiger partial charge in [0.2, 0.25) is 5.88 Å². The van der Waals surface area contributed by atoms with Gasteiger partial charge in [0.15, 0.2) is 0 Å². The van der Waals surface area contributed by atoms with Crippen LogP contribution in [0.1, 0.15) is 25.2 Å². The molecule has 5 nitrogen and oxygen atoms in total. The van der Waals surface area contributed by atoms with E-state index in [1.165, 1.54) is 7.11 Å². The second kappa shape index (κ2) is 4.93. The smallest absolute Gasteiger partial charge is 0.270 e. The monoisotopic (exact) mass is 211 g/mol. The summed E-state index contributed by atoms with van der Waals surface area (Å²) < 4.78 is 5.05. The maximum absolute atomic E-state index is 11.6. The zero-order valence-corrected chi connectivity index (χ0v) is 9.33. The molecule has 0 atom stereocenters. The summed E-state index contributed by atoms with van der Waals surface area (Å²) in [6.07, 6.45) is 0.635. The maximum Gasteiger partial charge on any atom is 0.270 e. The van der Waals surface area contributed by atoms with Gasteiger partial charge in [0, 0.05) is 6.54 Å². The summed E-state index contributed by atoms with van der Waals surface area (Å²) in [4.78, 5) is 18.4. The Morgan fingerprint density at radius 3 is 2.67 bits per heavy atom. The van der Waals surface area contributed by atoms with Gasteiger partial charge in [0.25, 0.3) is 5.56 Å². The lowest BCUT2D eigenvalue weighted by Gasteiger charge is -2.08. The molecule has 0 fully saturated rings. The van der Waals surface area contributed by atoms with E-state index in [4.69, 9.17) is 10.5 Å². The third kappa shape index (κ3) is 2.79. The van der Waals surface area contributed by atoms with Crippen molar-refractivity contribution in [1.82, 2.24) is 9.97 Å². The highest BCUT2D eigenvalue weighted by Crippen LogP contribution is 2.11. The third-order valence-electron chi connectivity index (χ3n) is 2.02. The molecule has 0 amide bonds. The normalized spacial score (nSPS) is 10.7. The zero-order chi connectivity index (χ0) is 11.4. The van der Waals surface area contributed by atoms with E-state index in [1.54, 1.807) is 0 Å². The van der Waals surface area contributed by atoms with Crippen molar-refractivity contribution < 1.29 is 4.74 Å². The summed E-state index contributed by atoms with van der Waals surface area (Å²) in [6, 6.07) is 0. The number of nitrogens with one attached hydrogen (secondary N) is 1. The Kier molecular flexibility index (Phi) is 3.85. The van der Waals surface area contributed by atoms with Crippen LogP contribution in [0.4, 0.5) is 0 Å². The first kappa shape index (κ1) is 11.7. The van der Waals surface area contributed by atoms with Crippen molar-refractivity contribution in [2.75, 3.05) is 7.11 Å². The van der Waals surface area contributed by atoms with Gasteiger partial charge in [0.1, 0.15) is 5.69 Å². The van der Waals surface area contributed by atoms with E-state index in [2.05, 4.69) is 9.97 Å². The molecule has 0 bridgehead atoms. The molecule has 0 aliphatic carbocycles. The quantitative estimate of drug-likeness (QED) is 0.757. The second-order valence-corrected chi connectivity index (χ2v) is 3.80. The predicted molar refractivity (Wildman–Crippen MR) is 57.8 cm³/mol. The Morgan fingerprint density at radius 2 is 2.20 bits per heavy atom. The Balaban J connectivity index is 3.14. The van der Waals surface area contributed by atoms with Gasteiger partial charge in [-0.1, -0.05) is 13.8 Å². The summed E-state index contributed by atoms with van der Waals surface area (Å²) in [5.41, 5.74) is 6.32. The van der Waals surface area contributed by atoms with Gasteiger partial charge in [-0.05, 0) is 12.3 Å². The van der Waals surface area contributed by atoms with Crippen LogP contribution < -0.4 is 16.0 Å². The minimum absolute atomic E-state index is 0.176. The number of nitrogens with zero attached hydrogens (tertiary/aromatic N) is 1. The van der Waals surface area contributed by atoms with Crippen LogP contribution in [0.25, 0.3) is 0 Å². The highest BCUT2D eigenvalue weighted by atomic mass is 16.5. The summed E-state index contributed by atoms with van der Waals surface area (Å²) >= 11 is 0. The zero-order valence-electron chi connectivity index (χ0n) is 9.33. The fourth-order valence-electron chi connectivity index (χ4n) is 1.34. The van der Waals surface area contributed by atoms with Gasteiger partial charge in [-0.25, -0.2) is 4.98 Å². The highest BCUT2D eigenvalue weighted by Gasteiger charge is 2.10. The summed E-state index contributed by atoms with van der Waals surface area (Å²) in [7, 11) is 1.51. The number of rotatable bonds is 4. The predicted octanol–water partition coefficient (Wildman–Crippen LogP) is 0.436. The van der Waals surface area contributed by atoms with Crippen molar-refractivity contribution in [3.8, 4) is 5.88 Å². The molecule has 0 aromatic carbocycles. The maximum atomic E-state index is 11.6. The number of ether oxygens (including phenoxy) is 1. The van der Waals surface area contributed by atoms with Crippen LogP contribution in [0, 0.1) is 5.92 Å². The van der Waals surface area contributed by atoms with Crippen LogP contribution in [0.15, 0.2) is 4.79 Å². The topological polar surface area (TPSA) is 81.0 Å². The molecule has 0 aliphatic rings. The van der Waals surface area contributed by atoms with Crippen molar-refractivity contribution in [3.63, 3.8) is 0 Å². The van der Waals surface area contributed by atoms with E-state index in [1.807, 2.05) is 13.8 Å². The summed E-state index contributed by atoms with van der Waals surface area (Å²) in [6.45, 7) is 4.28. The summed E-state index contributed by atoms with van der Waals surface area (Å²) in [5.74, 6) is 0.791. The molecule has 0 saturated heterocycles. The van der Waals surface area contributed by atoms with E-state index in [-0.39, 0.29) is 12.1 Å². The number of H-pyrrole nitrogens is 1. The van der Waals surface area contributed by atoms with Gasteiger partial charge in [0.05, 0.1) is 12.8 Å². The number of methoxy groups -OCH3 is 1. The molecule has 1 aromatic heterocycles. The van der Waals surface area contributed by atoms with Crippen LogP contribution in [0.5, 0.6) is 5.88 Å². The van der Waals surface area contributed by atoms with Gasteiger partial charge in [-0.3, -0.25) is 4.79 Å². The average Bonchev–Trinajstić information content (AvgIpc) is 2.19. The first-order valence-corrected chi connectivity index (χ1v) is 4.94. The molecule has 0 aliphatic heterocycles. The van der Waals surface area contributed by atoms with E-state index >= 15 is 0 Å². The molecule has 0 saturated carbocycles. The van der Waals surface area contributed by atoms with E-state index in [0.29, 0.717) is 29.6 Å². The molecule has 84 valence electrons. The number of hydrogen-bond acceptors (Lipinski definition) is 4. The Bertz CT molecular complexity index is 385. The van der Waals surface area contributed by atoms with Gasteiger partial charge >= 0.3 is 0 Å². The van der Waals surface area contributed by atoms with Crippen LogP contribution in [0.3, 0.4) is 0 Å². The lowest BCUT2D eigenvalue weighted by molar-refractivity contribution is 0.385. The molecule has 0 spiro atoms. The van der Waals surface area contributed by atoms with Gasteiger partial charge in [-0.15, -0.1) is 0 Å². The van der Waals surface area contributed by atoms with Crippen molar-refractivity contribution in [2.45, 2.75) is 26.8 Å². The summed E-state index contributed by atoms with van der Waals surface area (Å²) in [5, 5.41) is 0. The number of aromatic amines is 1. The van der Waals surface area contributed by atoms with E-state index in [0.717, 1.165) is 0 Å². The molecule has 15 heavy (non-hydrogen) atoms. The van der Waals surface area contributed by atoms with Crippen LogP contribution >= 0.6 is 0 Å². The molecule has 5 heteroatoms. The van der Waals surface area contributed by atoms with Crippen LogP contribution in [-0.4, -0.2) is 17.1 Å². The largest absolute Gasteiger partial charge is 0.480 e.